The molecule has 0 aliphatic rings. The smallest absolute Gasteiger partial charge is 0.178 e. The molecule has 0 radical (unpaired) electrons. The zero-order chi connectivity index (χ0) is 12.1. The molecule has 0 bridgehead atoms. The van der Waals surface area contributed by atoms with Crippen LogP contribution in [0.4, 0.5) is 0 Å². The molecule has 4 heteroatoms. The van der Waals surface area contributed by atoms with Gasteiger partial charge < -0.3 is 5.32 Å². The highest BCUT2D eigenvalue weighted by atomic mass is 14.9. The number of nitrogens with one attached hydrogen (secondary N) is 1. The molecular formula is C13H18N4. The van der Waals surface area contributed by atoms with E-state index in [4.69, 9.17) is 0 Å². The standard InChI is InChI=1S/C13H18N4/c1-3-6-14-10(2)9-11-4-5-12-13(17-11)16-8-7-15-12/h4-5,7-8,10,14H,3,6,9H2,1-2H3. The molecule has 0 amide bonds. The van der Waals surface area contributed by atoms with E-state index in [-0.39, 0.29) is 0 Å². The molecule has 0 fully saturated rings. The Hall–Kier alpha value is -1.55. The predicted molar refractivity (Wildman–Crippen MR) is 68.8 cm³/mol. The molecular weight excluding hydrogens is 212 g/mol. The molecule has 2 heterocycles. The molecule has 17 heavy (non-hydrogen) atoms. The van der Waals surface area contributed by atoms with Crippen LogP contribution in [0.1, 0.15) is 26.0 Å². The zero-order valence-corrected chi connectivity index (χ0v) is 10.3. The first-order valence-corrected chi connectivity index (χ1v) is 6.09. The molecule has 2 aromatic heterocycles. The lowest BCUT2D eigenvalue weighted by atomic mass is 10.1. The van der Waals surface area contributed by atoms with Crippen molar-refractivity contribution in [2.75, 3.05) is 6.54 Å². The maximum Gasteiger partial charge on any atom is 0.178 e. The van der Waals surface area contributed by atoms with Gasteiger partial charge in [-0.3, -0.25) is 4.98 Å². The van der Waals surface area contributed by atoms with Crippen molar-refractivity contribution in [1.29, 1.82) is 0 Å². The van der Waals surface area contributed by atoms with Crippen molar-refractivity contribution in [2.45, 2.75) is 32.7 Å². The summed E-state index contributed by atoms with van der Waals surface area (Å²) in [6, 6.07) is 4.45. The van der Waals surface area contributed by atoms with Crippen molar-refractivity contribution in [3.63, 3.8) is 0 Å². The van der Waals surface area contributed by atoms with Gasteiger partial charge in [0.2, 0.25) is 0 Å². The quantitative estimate of drug-likeness (QED) is 0.853. The van der Waals surface area contributed by atoms with E-state index in [2.05, 4.69) is 34.1 Å². The number of rotatable bonds is 5. The van der Waals surface area contributed by atoms with Gasteiger partial charge in [-0.2, -0.15) is 0 Å². The summed E-state index contributed by atoms with van der Waals surface area (Å²) < 4.78 is 0. The molecule has 0 aliphatic heterocycles. The predicted octanol–water partition coefficient (Wildman–Crippen LogP) is 1.96. The molecule has 4 nitrogen and oxygen atoms in total. The molecule has 0 aliphatic carbocycles. The van der Waals surface area contributed by atoms with Gasteiger partial charge in [-0.1, -0.05) is 6.92 Å². The minimum Gasteiger partial charge on any atom is -0.314 e. The van der Waals surface area contributed by atoms with Gasteiger partial charge in [0.25, 0.3) is 0 Å². The molecule has 0 saturated carbocycles. The Morgan fingerprint density at radius 3 is 2.88 bits per heavy atom. The number of pyridine rings is 1. The average Bonchev–Trinajstić information content (AvgIpc) is 2.36. The highest BCUT2D eigenvalue weighted by Crippen LogP contribution is 2.08. The highest BCUT2D eigenvalue weighted by Gasteiger charge is 2.05. The topological polar surface area (TPSA) is 50.7 Å². The van der Waals surface area contributed by atoms with Crippen molar-refractivity contribution in [2.24, 2.45) is 0 Å². The molecule has 0 saturated heterocycles. The lowest BCUT2D eigenvalue weighted by Gasteiger charge is -2.12. The van der Waals surface area contributed by atoms with Crippen LogP contribution in [-0.2, 0) is 6.42 Å². The van der Waals surface area contributed by atoms with Crippen LogP contribution in [0, 0.1) is 0 Å². The molecule has 1 atom stereocenters. The van der Waals surface area contributed by atoms with Crippen LogP contribution in [0.25, 0.3) is 11.2 Å². The van der Waals surface area contributed by atoms with Crippen LogP contribution in [0.3, 0.4) is 0 Å². The molecule has 0 aromatic carbocycles. The number of fused-ring (bicyclic) bond motifs is 1. The van der Waals surface area contributed by atoms with E-state index >= 15 is 0 Å². The minimum atomic E-state index is 0.441. The van der Waals surface area contributed by atoms with Crippen molar-refractivity contribution >= 4 is 11.2 Å². The fourth-order valence-electron chi connectivity index (χ4n) is 1.78. The Morgan fingerprint density at radius 2 is 2.06 bits per heavy atom. The molecule has 2 rings (SSSR count). The first-order valence-electron chi connectivity index (χ1n) is 6.09. The lowest BCUT2D eigenvalue weighted by molar-refractivity contribution is 0.539. The van der Waals surface area contributed by atoms with Crippen molar-refractivity contribution < 1.29 is 0 Å². The van der Waals surface area contributed by atoms with Crippen molar-refractivity contribution in [3.8, 4) is 0 Å². The van der Waals surface area contributed by atoms with Gasteiger partial charge in [-0.15, -0.1) is 0 Å². The van der Waals surface area contributed by atoms with Gasteiger partial charge in [0, 0.05) is 30.6 Å². The van der Waals surface area contributed by atoms with E-state index < -0.39 is 0 Å². The molecule has 1 N–H and O–H groups in total. The van der Waals surface area contributed by atoms with Crippen LogP contribution >= 0.6 is 0 Å². The van der Waals surface area contributed by atoms with Crippen LogP contribution in [0.2, 0.25) is 0 Å². The van der Waals surface area contributed by atoms with Crippen molar-refractivity contribution in [3.05, 3.63) is 30.2 Å². The Balaban J connectivity index is 2.08. The van der Waals surface area contributed by atoms with E-state index in [9.17, 15) is 0 Å². The van der Waals surface area contributed by atoms with Gasteiger partial charge in [0.15, 0.2) is 5.65 Å². The van der Waals surface area contributed by atoms with Gasteiger partial charge in [-0.25, -0.2) is 9.97 Å². The second-order valence-corrected chi connectivity index (χ2v) is 4.26. The van der Waals surface area contributed by atoms with Crippen LogP contribution < -0.4 is 5.32 Å². The SMILES string of the molecule is CCCNC(C)Cc1ccc2nccnc2n1. The molecule has 90 valence electrons. The largest absolute Gasteiger partial charge is 0.314 e. The van der Waals surface area contributed by atoms with E-state index in [0.717, 1.165) is 36.2 Å². The fourth-order valence-corrected chi connectivity index (χ4v) is 1.78. The summed E-state index contributed by atoms with van der Waals surface area (Å²) in [7, 11) is 0. The van der Waals surface area contributed by atoms with Gasteiger partial charge >= 0.3 is 0 Å². The van der Waals surface area contributed by atoms with Gasteiger partial charge in [0.05, 0.1) is 0 Å². The summed E-state index contributed by atoms with van der Waals surface area (Å²) in [5, 5.41) is 3.45. The first kappa shape index (κ1) is 11.9. The van der Waals surface area contributed by atoms with Gasteiger partial charge in [-0.05, 0) is 32.0 Å². The third-order valence-electron chi connectivity index (χ3n) is 2.65. The molecule has 0 spiro atoms. The summed E-state index contributed by atoms with van der Waals surface area (Å²) in [5.41, 5.74) is 2.65. The minimum absolute atomic E-state index is 0.441. The fraction of sp³-hybridized carbons (Fsp3) is 0.462. The average molecular weight is 230 g/mol. The molecule has 1 unspecified atom stereocenters. The highest BCUT2D eigenvalue weighted by molar-refractivity contribution is 5.68. The summed E-state index contributed by atoms with van der Waals surface area (Å²) in [5.74, 6) is 0. The van der Waals surface area contributed by atoms with E-state index in [1.165, 1.54) is 0 Å². The van der Waals surface area contributed by atoms with Crippen molar-refractivity contribution in [1.82, 2.24) is 20.3 Å². The summed E-state index contributed by atoms with van der Waals surface area (Å²) >= 11 is 0. The lowest BCUT2D eigenvalue weighted by Crippen LogP contribution is -2.28. The zero-order valence-electron chi connectivity index (χ0n) is 10.3. The van der Waals surface area contributed by atoms with Crippen LogP contribution in [0.15, 0.2) is 24.5 Å². The Bertz CT molecular complexity index is 484. The van der Waals surface area contributed by atoms with E-state index in [1.54, 1.807) is 12.4 Å². The van der Waals surface area contributed by atoms with E-state index in [0.29, 0.717) is 6.04 Å². The number of hydrogen-bond donors (Lipinski definition) is 1. The molecule has 2 aromatic rings. The number of aromatic nitrogens is 3. The summed E-state index contributed by atoms with van der Waals surface area (Å²) in [6.07, 6.45) is 5.44. The van der Waals surface area contributed by atoms with Crippen LogP contribution in [0.5, 0.6) is 0 Å². The Labute approximate surface area is 102 Å². The second kappa shape index (κ2) is 5.68. The summed E-state index contributed by atoms with van der Waals surface area (Å²) in [4.78, 5) is 12.9. The number of hydrogen-bond acceptors (Lipinski definition) is 4. The second-order valence-electron chi connectivity index (χ2n) is 4.26. The Kier molecular flexibility index (Phi) is 3.98. The third kappa shape index (κ3) is 3.20. The monoisotopic (exact) mass is 230 g/mol. The maximum absolute atomic E-state index is 4.51. The third-order valence-corrected chi connectivity index (χ3v) is 2.65. The van der Waals surface area contributed by atoms with E-state index in [1.807, 2.05) is 12.1 Å². The van der Waals surface area contributed by atoms with Crippen LogP contribution in [-0.4, -0.2) is 27.5 Å². The first-order chi connectivity index (χ1) is 8.29. The van der Waals surface area contributed by atoms with Gasteiger partial charge in [0.1, 0.15) is 5.52 Å². The summed E-state index contributed by atoms with van der Waals surface area (Å²) in [6.45, 7) is 5.40. The Morgan fingerprint density at radius 1 is 1.24 bits per heavy atom. The maximum atomic E-state index is 4.51. The number of nitrogens with zero attached hydrogens (tertiary/aromatic N) is 3. The normalized spacial score (nSPS) is 12.8.